The molecule has 0 heterocycles. The van der Waals surface area contributed by atoms with E-state index in [0.717, 1.165) is 5.56 Å². The number of benzene rings is 2. The van der Waals surface area contributed by atoms with E-state index in [4.69, 9.17) is 10.4 Å². The van der Waals surface area contributed by atoms with Gasteiger partial charge in [-0.15, -0.1) is 11.8 Å². The van der Waals surface area contributed by atoms with Gasteiger partial charge in [-0.25, -0.2) is 13.6 Å². The number of amides is 1. The molecule has 0 aliphatic heterocycles. The number of rotatable bonds is 7. The Labute approximate surface area is 151 Å². The number of nitrogens with zero attached hydrogens (tertiary/aromatic N) is 1. The number of hydrogen-bond acceptors (Lipinski definition) is 5. The molecule has 0 unspecified atom stereocenters. The van der Waals surface area contributed by atoms with Crippen molar-refractivity contribution in [3.05, 3.63) is 65.2 Å². The lowest BCUT2D eigenvalue weighted by Gasteiger charge is -2.07. The molecular weight excluding hydrogens is 358 g/mol. The molecule has 8 heteroatoms. The minimum absolute atomic E-state index is 0.175. The number of thioether (sulfide) groups is 1. The Bertz CT molecular complexity index is 888. The summed E-state index contributed by atoms with van der Waals surface area (Å²) in [4.78, 5) is 12.0. The van der Waals surface area contributed by atoms with Crippen LogP contribution in [-0.2, 0) is 26.3 Å². The van der Waals surface area contributed by atoms with Crippen molar-refractivity contribution in [3.8, 4) is 6.07 Å². The number of sulfonamides is 1. The maximum atomic E-state index is 12.0. The summed E-state index contributed by atoms with van der Waals surface area (Å²) in [5.41, 5.74) is 2.69. The molecule has 3 N–H and O–H groups in total. The third kappa shape index (κ3) is 6.97. The first-order chi connectivity index (χ1) is 11.9. The predicted octanol–water partition coefficient (Wildman–Crippen LogP) is 2.22. The first kappa shape index (κ1) is 19.0. The fourth-order valence-corrected chi connectivity index (χ4v) is 3.54. The van der Waals surface area contributed by atoms with Gasteiger partial charge in [0, 0.05) is 11.4 Å². The van der Waals surface area contributed by atoms with Gasteiger partial charge in [-0.3, -0.25) is 4.79 Å². The highest BCUT2D eigenvalue weighted by Crippen LogP contribution is 2.15. The van der Waals surface area contributed by atoms with Crippen molar-refractivity contribution in [2.45, 2.75) is 11.5 Å². The Morgan fingerprint density at radius 1 is 1.16 bits per heavy atom. The lowest BCUT2D eigenvalue weighted by molar-refractivity contribution is -0.113. The summed E-state index contributed by atoms with van der Waals surface area (Å²) < 4.78 is 22.2. The number of hydrogen-bond donors (Lipinski definition) is 2. The average molecular weight is 375 g/mol. The Morgan fingerprint density at radius 2 is 1.88 bits per heavy atom. The van der Waals surface area contributed by atoms with Crippen molar-refractivity contribution >= 4 is 33.4 Å². The van der Waals surface area contributed by atoms with E-state index in [-0.39, 0.29) is 17.4 Å². The van der Waals surface area contributed by atoms with Crippen molar-refractivity contribution < 1.29 is 13.2 Å². The van der Waals surface area contributed by atoms with Gasteiger partial charge in [-0.2, -0.15) is 5.26 Å². The van der Waals surface area contributed by atoms with Crippen molar-refractivity contribution in [1.29, 1.82) is 5.26 Å². The summed E-state index contributed by atoms with van der Waals surface area (Å²) in [7, 11) is -3.61. The smallest absolute Gasteiger partial charge is 0.234 e. The van der Waals surface area contributed by atoms with E-state index in [2.05, 4.69) is 11.4 Å². The zero-order chi connectivity index (χ0) is 18.3. The maximum absolute atomic E-state index is 12.0. The zero-order valence-corrected chi connectivity index (χ0v) is 14.9. The van der Waals surface area contributed by atoms with E-state index in [0.29, 0.717) is 22.6 Å². The second-order valence-electron chi connectivity index (χ2n) is 5.36. The minimum atomic E-state index is -3.61. The number of nitrogens with one attached hydrogen (secondary N) is 1. The van der Waals surface area contributed by atoms with Crippen LogP contribution in [0, 0.1) is 11.3 Å². The SMILES string of the molecule is N#Cc1ccc(CSCC(=O)Nc2cccc(CS(N)(=O)=O)c2)cc1. The van der Waals surface area contributed by atoms with Gasteiger partial charge in [0.15, 0.2) is 0 Å². The van der Waals surface area contributed by atoms with Crippen LogP contribution in [0.5, 0.6) is 0 Å². The van der Waals surface area contributed by atoms with Crippen LogP contribution in [0.4, 0.5) is 5.69 Å². The van der Waals surface area contributed by atoms with Crippen LogP contribution in [0.25, 0.3) is 0 Å². The summed E-state index contributed by atoms with van der Waals surface area (Å²) >= 11 is 1.45. The van der Waals surface area contributed by atoms with Crippen molar-refractivity contribution in [2.24, 2.45) is 5.14 Å². The molecule has 0 fully saturated rings. The molecular formula is C17H17N3O3S2. The number of carbonyl (C=O) groups excluding carboxylic acids is 1. The van der Waals surface area contributed by atoms with Gasteiger partial charge in [-0.1, -0.05) is 24.3 Å². The number of anilines is 1. The van der Waals surface area contributed by atoms with Gasteiger partial charge < -0.3 is 5.32 Å². The highest BCUT2D eigenvalue weighted by molar-refractivity contribution is 7.99. The second kappa shape index (κ2) is 8.67. The van der Waals surface area contributed by atoms with Gasteiger partial charge in [0.2, 0.25) is 15.9 Å². The third-order valence-corrected chi connectivity index (χ3v) is 4.90. The fraction of sp³-hybridized carbons (Fsp3) is 0.176. The van der Waals surface area contributed by atoms with E-state index in [1.54, 1.807) is 36.4 Å². The summed E-state index contributed by atoms with van der Waals surface area (Å²) in [5, 5.41) is 16.5. The molecule has 6 nitrogen and oxygen atoms in total. The zero-order valence-electron chi connectivity index (χ0n) is 13.3. The summed E-state index contributed by atoms with van der Waals surface area (Å²) in [6.45, 7) is 0. The van der Waals surface area contributed by atoms with E-state index in [9.17, 15) is 13.2 Å². The molecule has 1 amide bonds. The van der Waals surface area contributed by atoms with Gasteiger partial charge in [0.05, 0.1) is 23.1 Å². The number of primary sulfonamides is 1. The first-order valence-electron chi connectivity index (χ1n) is 7.32. The van der Waals surface area contributed by atoms with Crippen LogP contribution >= 0.6 is 11.8 Å². The molecule has 0 spiro atoms. The molecule has 2 aromatic rings. The van der Waals surface area contributed by atoms with Crippen molar-refractivity contribution in [1.82, 2.24) is 0 Å². The van der Waals surface area contributed by atoms with E-state index < -0.39 is 10.0 Å². The third-order valence-electron chi connectivity index (χ3n) is 3.16. The van der Waals surface area contributed by atoms with Crippen LogP contribution in [0.2, 0.25) is 0 Å². The molecule has 0 aliphatic rings. The Hall–Kier alpha value is -2.34. The Kier molecular flexibility index (Phi) is 6.58. The Balaban J connectivity index is 1.83. The lowest BCUT2D eigenvalue weighted by atomic mass is 10.2. The van der Waals surface area contributed by atoms with Crippen molar-refractivity contribution in [3.63, 3.8) is 0 Å². The highest BCUT2D eigenvalue weighted by atomic mass is 32.2. The monoisotopic (exact) mass is 375 g/mol. The molecule has 0 saturated heterocycles. The normalized spacial score (nSPS) is 10.9. The molecule has 0 radical (unpaired) electrons. The van der Waals surface area contributed by atoms with E-state index >= 15 is 0 Å². The first-order valence-corrected chi connectivity index (χ1v) is 10.2. The molecule has 0 saturated carbocycles. The maximum Gasteiger partial charge on any atom is 0.234 e. The van der Waals surface area contributed by atoms with Crippen LogP contribution in [0.15, 0.2) is 48.5 Å². The highest BCUT2D eigenvalue weighted by Gasteiger charge is 2.07. The van der Waals surface area contributed by atoms with Crippen molar-refractivity contribution in [2.75, 3.05) is 11.1 Å². The molecule has 2 aromatic carbocycles. The van der Waals surface area contributed by atoms with E-state index in [1.165, 1.54) is 11.8 Å². The molecule has 0 aromatic heterocycles. The van der Waals surface area contributed by atoms with Gasteiger partial charge in [-0.05, 0) is 35.4 Å². The van der Waals surface area contributed by atoms with Gasteiger partial charge >= 0.3 is 0 Å². The number of nitriles is 1. The van der Waals surface area contributed by atoms with Crippen LogP contribution in [-0.4, -0.2) is 20.1 Å². The minimum Gasteiger partial charge on any atom is -0.325 e. The van der Waals surface area contributed by atoms with Crippen LogP contribution in [0.1, 0.15) is 16.7 Å². The standard InChI is InChI=1S/C17H17N3O3S2/c18-9-13-4-6-14(7-5-13)10-24-11-17(21)20-16-3-1-2-15(8-16)12-25(19,22)23/h1-8H,10-12H2,(H,20,21)(H2,19,22,23). The Morgan fingerprint density at radius 3 is 2.52 bits per heavy atom. The number of nitrogens with two attached hydrogens (primary N) is 1. The quantitative estimate of drug-likeness (QED) is 0.770. The molecule has 0 aliphatic carbocycles. The van der Waals surface area contributed by atoms with E-state index in [1.807, 2.05) is 12.1 Å². The topological polar surface area (TPSA) is 113 Å². The van der Waals surface area contributed by atoms with Gasteiger partial charge in [0.25, 0.3) is 0 Å². The molecule has 25 heavy (non-hydrogen) atoms. The molecule has 0 atom stereocenters. The predicted molar refractivity (Wildman–Crippen MR) is 99.2 cm³/mol. The fourth-order valence-electron chi connectivity index (χ4n) is 2.11. The summed E-state index contributed by atoms with van der Waals surface area (Å²) in [5.74, 6) is 0.472. The van der Waals surface area contributed by atoms with Crippen LogP contribution in [0.3, 0.4) is 0 Å². The second-order valence-corrected chi connectivity index (χ2v) is 7.96. The largest absolute Gasteiger partial charge is 0.325 e. The summed E-state index contributed by atoms with van der Waals surface area (Å²) in [6.07, 6.45) is 0. The number of carbonyl (C=O) groups is 1. The molecule has 0 bridgehead atoms. The molecule has 130 valence electrons. The average Bonchev–Trinajstić information content (AvgIpc) is 2.54. The van der Waals surface area contributed by atoms with Gasteiger partial charge in [0.1, 0.15) is 0 Å². The molecule has 2 rings (SSSR count). The summed E-state index contributed by atoms with van der Waals surface area (Å²) in [6, 6.07) is 15.9. The van der Waals surface area contributed by atoms with Crippen LogP contribution < -0.4 is 10.5 Å². The lowest BCUT2D eigenvalue weighted by Crippen LogP contribution is -2.16.